The summed E-state index contributed by atoms with van der Waals surface area (Å²) in [6, 6.07) is 11.5. The molecular weight excluding hydrogens is 284 g/mol. The van der Waals surface area contributed by atoms with Crippen LogP contribution in [-0.4, -0.2) is 11.1 Å². The van der Waals surface area contributed by atoms with Gasteiger partial charge in [0.2, 0.25) is 0 Å². The number of hydrogen-bond donors (Lipinski definition) is 1. The van der Waals surface area contributed by atoms with E-state index in [4.69, 9.17) is 4.42 Å². The first-order valence-electron chi connectivity index (χ1n) is 6.53. The van der Waals surface area contributed by atoms with Crippen LogP contribution in [0, 0.1) is 13.8 Å². The van der Waals surface area contributed by atoms with Crippen LogP contribution in [-0.2, 0) is 4.79 Å². The Bertz CT molecular complexity index is 759. The summed E-state index contributed by atoms with van der Waals surface area (Å²) in [6.07, 6.45) is 1.73. The number of furan rings is 1. The number of nitrogens with zero attached hydrogens (tertiary/aromatic N) is 1. The van der Waals surface area contributed by atoms with Crippen LogP contribution in [0.1, 0.15) is 17.1 Å². The lowest BCUT2D eigenvalue weighted by Gasteiger charge is -1.99. The molecule has 5 heteroatoms. The van der Waals surface area contributed by atoms with Crippen molar-refractivity contribution < 1.29 is 9.21 Å². The van der Waals surface area contributed by atoms with Crippen LogP contribution in [0.25, 0.3) is 6.08 Å². The number of amidine groups is 1. The third-order valence-corrected chi connectivity index (χ3v) is 3.93. The van der Waals surface area contributed by atoms with Gasteiger partial charge in [-0.25, -0.2) is 4.99 Å². The molecule has 1 aliphatic rings. The van der Waals surface area contributed by atoms with Crippen LogP contribution in [0.5, 0.6) is 0 Å². The van der Waals surface area contributed by atoms with Gasteiger partial charge in [0.15, 0.2) is 5.17 Å². The zero-order chi connectivity index (χ0) is 14.8. The molecule has 21 heavy (non-hydrogen) atoms. The van der Waals surface area contributed by atoms with Gasteiger partial charge in [-0.1, -0.05) is 18.2 Å². The molecule has 0 spiro atoms. The lowest BCUT2D eigenvalue weighted by molar-refractivity contribution is -0.115. The first-order valence-corrected chi connectivity index (χ1v) is 7.35. The summed E-state index contributed by atoms with van der Waals surface area (Å²) in [7, 11) is 0. The monoisotopic (exact) mass is 298 g/mol. The number of hydrogen-bond acceptors (Lipinski definition) is 4. The highest BCUT2D eigenvalue weighted by Gasteiger charge is 2.24. The standard InChI is InChI=1S/C16H14N2O2S/c1-10-5-3-4-6-13(10)17-16-18-15(19)14(21-16)9-12-8-7-11(2)20-12/h3-9H,1-2H3,(H,17,18,19)/b14-9-. The number of carbonyl (C=O) groups excluding carboxylic acids is 1. The van der Waals surface area contributed by atoms with Gasteiger partial charge in [-0.15, -0.1) is 0 Å². The summed E-state index contributed by atoms with van der Waals surface area (Å²) >= 11 is 1.32. The Morgan fingerprint density at radius 3 is 2.71 bits per heavy atom. The second-order valence-corrected chi connectivity index (χ2v) is 5.75. The highest BCUT2D eigenvalue weighted by molar-refractivity contribution is 8.18. The predicted octanol–water partition coefficient (Wildman–Crippen LogP) is 3.79. The molecule has 0 saturated carbocycles. The molecule has 1 saturated heterocycles. The zero-order valence-corrected chi connectivity index (χ0v) is 12.5. The summed E-state index contributed by atoms with van der Waals surface area (Å²) in [5, 5.41) is 3.36. The number of aliphatic imine (C=N–C) groups is 1. The lowest BCUT2D eigenvalue weighted by Crippen LogP contribution is -2.19. The van der Waals surface area contributed by atoms with Crippen molar-refractivity contribution in [3.63, 3.8) is 0 Å². The Labute approximate surface area is 127 Å². The first kappa shape index (κ1) is 13.7. The molecule has 0 radical (unpaired) electrons. The largest absolute Gasteiger partial charge is 0.462 e. The Hall–Kier alpha value is -2.27. The average molecular weight is 298 g/mol. The summed E-state index contributed by atoms with van der Waals surface area (Å²) < 4.78 is 5.46. The molecule has 1 fully saturated rings. The fourth-order valence-electron chi connectivity index (χ4n) is 1.94. The number of nitrogens with one attached hydrogen (secondary N) is 1. The van der Waals surface area contributed by atoms with Gasteiger partial charge in [0.25, 0.3) is 5.91 Å². The molecule has 0 unspecified atom stereocenters. The fourth-order valence-corrected chi connectivity index (χ4v) is 2.75. The minimum atomic E-state index is -0.151. The van der Waals surface area contributed by atoms with Gasteiger partial charge < -0.3 is 9.73 Å². The number of rotatable bonds is 2. The minimum Gasteiger partial charge on any atom is -0.462 e. The van der Waals surface area contributed by atoms with Gasteiger partial charge in [0.1, 0.15) is 11.5 Å². The maximum Gasteiger partial charge on any atom is 0.264 e. The molecule has 2 heterocycles. The highest BCUT2D eigenvalue weighted by Crippen LogP contribution is 2.29. The van der Waals surface area contributed by atoms with Crippen molar-refractivity contribution in [3.05, 3.63) is 58.4 Å². The number of para-hydroxylation sites is 1. The van der Waals surface area contributed by atoms with E-state index in [-0.39, 0.29) is 5.91 Å². The van der Waals surface area contributed by atoms with E-state index in [1.54, 1.807) is 6.08 Å². The highest BCUT2D eigenvalue weighted by atomic mass is 32.2. The number of thioether (sulfide) groups is 1. The normalized spacial score (nSPS) is 18.5. The fraction of sp³-hybridized carbons (Fsp3) is 0.125. The Balaban J connectivity index is 1.85. The Kier molecular flexibility index (Phi) is 3.66. The molecule has 1 amide bonds. The molecule has 1 aromatic heterocycles. The van der Waals surface area contributed by atoms with Crippen LogP contribution < -0.4 is 5.32 Å². The van der Waals surface area contributed by atoms with E-state index in [1.807, 2.05) is 50.2 Å². The summed E-state index contributed by atoms with van der Waals surface area (Å²) in [5.41, 5.74) is 1.93. The molecule has 0 bridgehead atoms. The van der Waals surface area contributed by atoms with Crippen LogP contribution >= 0.6 is 11.8 Å². The Morgan fingerprint density at radius 2 is 2.00 bits per heavy atom. The molecule has 1 aliphatic heterocycles. The predicted molar refractivity (Wildman–Crippen MR) is 85.4 cm³/mol. The third kappa shape index (κ3) is 3.08. The van der Waals surface area contributed by atoms with Crippen LogP contribution in [0.2, 0.25) is 0 Å². The van der Waals surface area contributed by atoms with E-state index in [9.17, 15) is 4.79 Å². The van der Waals surface area contributed by atoms with Gasteiger partial charge in [-0.05, 0) is 49.4 Å². The zero-order valence-electron chi connectivity index (χ0n) is 11.7. The van der Waals surface area contributed by atoms with Gasteiger partial charge in [0.05, 0.1) is 10.6 Å². The summed E-state index contributed by atoms with van der Waals surface area (Å²) in [6.45, 7) is 3.86. The summed E-state index contributed by atoms with van der Waals surface area (Å²) in [5.74, 6) is 1.34. The van der Waals surface area contributed by atoms with Crippen molar-refractivity contribution in [2.45, 2.75) is 13.8 Å². The first-order chi connectivity index (χ1) is 10.1. The summed E-state index contributed by atoms with van der Waals surface area (Å²) in [4.78, 5) is 17.0. The molecule has 1 N–H and O–H groups in total. The van der Waals surface area contributed by atoms with Crippen molar-refractivity contribution >= 4 is 34.6 Å². The SMILES string of the molecule is Cc1ccc(/C=C2\SC(=Nc3ccccc3C)NC2=O)o1. The number of aryl methyl sites for hydroxylation is 2. The van der Waals surface area contributed by atoms with E-state index in [0.29, 0.717) is 15.8 Å². The second kappa shape index (κ2) is 5.61. The van der Waals surface area contributed by atoms with Crippen molar-refractivity contribution in [1.29, 1.82) is 0 Å². The molecule has 0 atom stereocenters. The van der Waals surface area contributed by atoms with Crippen molar-refractivity contribution in [2.75, 3.05) is 0 Å². The van der Waals surface area contributed by atoms with Crippen molar-refractivity contribution in [3.8, 4) is 0 Å². The number of carbonyl (C=O) groups is 1. The third-order valence-electron chi connectivity index (χ3n) is 3.02. The van der Waals surface area contributed by atoms with Crippen molar-refractivity contribution in [1.82, 2.24) is 5.32 Å². The van der Waals surface area contributed by atoms with Gasteiger partial charge in [0, 0.05) is 6.08 Å². The number of amides is 1. The van der Waals surface area contributed by atoms with E-state index < -0.39 is 0 Å². The maximum atomic E-state index is 11.9. The molecule has 106 valence electrons. The number of benzene rings is 1. The van der Waals surface area contributed by atoms with E-state index in [0.717, 1.165) is 17.0 Å². The molecular formula is C16H14N2O2S. The van der Waals surface area contributed by atoms with Crippen LogP contribution in [0.15, 0.2) is 50.7 Å². The average Bonchev–Trinajstić information content (AvgIpc) is 3.00. The van der Waals surface area contributed by atoms with E-state index in [2.05, 4.69) is 10.3 Å². The van der Waals surface area contributed by atoms with E-state index in [1.165, 1.54) is 11.8 Å². The topological polar surface area (TPSA) is 54.6 Å². The van der Waals surface area contributed by atoms with E-state index >= 15 is 0 Å². The second-order valence-electron chi connectivity index (χ2n) is 4.72. The van der Waals surface area contributed by atoms with Gasteiger partial charge in [-0.3, -0.25) is 4.79 Å². The molecule has 2 aromatic rings. The molecule has 3 rings (SSSR count). The van der Waals surface area contributed by atoms with Gasteiger partial charge >= 0.3 is 0 Å². The van der Waals surface area contributed by atoms with Gasteiger partial charge in [-0.2, -0.15) is 0 Å². The smallest absolute Gasteiger partial charge is 0.264 e. The molecule has 1 aromatic carbocycles. The molecule has 4 nitrogen and oxygen atoms in total. The quantitative estimate of drug-likeness (QED) is 0.858. The molecule has 0 aliphatic carbocycles. The van der Waals surface area contributed by atoms with Crippen LogP contribution in [0.3, 0.4) is 0 Å². The minimum absolute atomic E-state index is 0.151. The van der Waals surface area contributed by atoms with Crippen LogP contribution in [0.4, 0.5) is 5.69 Å². The Morgan fingerprint density at radius 1 is 1.19 bits per heavy atom. The maximum absolute atomic E-state index is 11.9. The van der Waals surface area contributed by atoms with Crippen molar-refractivity contribution in [2.24, 2.45) is 4.99 Å². The lowest BCUT2D eigenvalue weighted by atomic mass is 10.2.